The lowest BCUT2D eigenvalue weighted by molar-refractivity contribution is 0.114. The summed E-state index contributed by atoms with van der Waals surface area (Å²) in [5.74, 6) is 0.881. The molecule has 0 aliphatic carbocycles. The zero-order valence-electron chi connectivity index (χ0n) is 17.8. The van der Waals surface area contributed by atoms with Crippen LogP contribution < -0.4 is 9.46 Å². The van der Waals surface area contributed by atoms with Gasteiger partial charge in [0.05, 0.1) is 29.4 Å². The van der Waals surface area contributed by atoms with Crippen molar-refractivity contribution in [2.24, 2.45) is 0 Å². The quantitative estimate of drug-likeness (QED) is 0.478. The second-order valence-corrected chi connectivity index (χ2v) is 9.51. The van der Waals surface area contributed by atoms with E-state index in [9.17, 15) is 8.42 Å². The van der Waals surface area contributed by atoms with Gasteiger partial charge in [-0.15, -0.1) is 10.2 Å². The molecule has 2 aromatic heterocycles. The highest BCUT2D eigenvalue weighted by molar-refractivity contribution is 7.89. The minimum absolute atomic E-state index is 0.0941. The van der Waals surface area contributed by atoms with Crippen LogP contribution in [0.4, 0.5) is 0 Å². The Kier molecular flexibility index (Phi) is 5.28. The standard InChI is InChI=1S/C22H23N5O4S/c1-14-17-7-3-4-8-18(17)21-24-25-22(27(21)26-14)19-12-16(9-10-20(19)30-2)32(28,29)23-13-15-6-5-11-31-15/h3-4,7-10,12,15,23H,5-6,11,13H2,1-2H3. The highest BCUT2D eigenvalue weighted by atomic mass is 32.2. The average molecular weight is 454 g/mol. The Labute approximate surface area is 185 Å². The lowest BCUT2D eigenvalue weighted by atomic mass is 10.1. The molecule has 1 aliphatic rings. The zero-order valence-corrected chi connectivity index (χ0v) is 18.6. The molecule has 3 heterocycles. The van der Waals surface area contributed by atoms with E-state index in [4.69, 9.17) is 9.47 Å². The molecule has 10 heteroatoms. The van der Waals surface area contributed by atoms with Gasteiger partial charge in [-0.05, 0) is 38.0 Å². The summed E-state index contributed by atoms with van der Waals surface area (Å²) in [5.41, 5.74) is 1.89. The minimum Gasteiger partial charge on any atom is -0.496 e. The van der Waals surface area contributed by atoms with Crippen LogP contribution in [0.25, 0.3) is 27.8 Å². The van der Waals surface area contributed by atoms with E-state index in [2.05, 4.69) is 20.0 Å². The number of ether oxygens (including phenoxy) is 2. The lowest BCUT2D eigenvalue weighted by Gasteiger charge is -2.13. The number of nitrogens with one attached hydrogen (secondary N) is 1. The summed E-state index contributed by atoms with van der Waals surface area (Å²) < 4.78 is 41.2. The molecule has 1 atom stereocenters. The molecule has 2 aromatic carbocycles. The number of aromatic nitrogens is 4. The Morgan fingerprint density at radius 2 is 2.00 bits per heavy atom. The van der Waals surface area contributed by atoms with E-state index in [0.717, 1.165) is 29.3 Å². The summed E-state index contributed by atoms with van der Waals surface area (Å²) in [6, 6.07) is 12.5. The van der Waals surface area contributed by atoms with Gasteiger partial charge in [0, 0.05) is 23.9 Å². The van der Waals surface area contributed by atoms with E-state index in [1.54, 1.807) is 16.6 Å². The Morgan fingerprint density at radius 3 is 2.75 bits per heavy atom. The Bertz CT molecular complexity index is 1410. The fraction of sp³-hybridized carbons (Fsp3) is 0.318. The van der Waals surface area contributed by atoms with Crippen LogP contribution in [-0.4, -0.2) is 54.6 Å². The maximum absolute atomic E-state index is 12.9. The van der Waals surface area contributed by atoms with Gasteiger partial charge in [-0.1, -0.05) is 24.3 Å². The van der Waals surface area contributed by atoms with Crippen LogP contribution in [0.5, 0.6) is 5.75 Å². The summed E-state index contributed by atoms with van der Waals surface area (Å²) >= 11 is 0. The molecule has 0 spiro atoms. The third kappa shape index (κ3) is 3.60. The molecule has 1 aliphatic heterocycles. The molecule has 0 radical (unpaired) electrons. The van der Waals surface area contributed by atoms with Gasteiger partial charge in [-0.2, -0.15) is 9.61 Å². The maximum atomic E-state index is 12.9. The summed E-state index contributed by atoms with van der Waals surface area (Å²) in [4.78, 5) is 0.112. The van der Waals surface area contributed by atoms with E-state index >= 15 is 0 Å². The molecule has 166 valence electrons. The van der Waals surface area contributed by atoms with Crippen LogP contribution >= 0.6 is 0 Å². The second kappa shape index (κ2) is 8.12. The van der Waals surface area contributed by atoms with Crippen molar-refractivity contribution in [3.8, 4) is 17.1 Å². The third-order valence-electron chi connectivity index (χ3n) is 5.70. The van der Waals surface area contributed by atoms with Crippen LogP contribution in [0, 0.1) is 6.92 Å². The van der Waals surface area contributed by atoms with Crippen LogP contribution in [0.1, 0.15) is 18.5 Å². The molecule has 9 nitrogen and oxygen atoms in total. The number of rotatable bonds is 6. The summed E-state index contributed by atoms with van der Waals surface area (Å²) in [7, 11) is -2.22. The fourth-order valence-corrected chi connectivity index (χ4v) is 5.12. The number of fused-ring (bicyclic) bond motifs is 3. The van der Waals surface area contributed by atoms with Crippen LogP contribution in [0.2, 0.25) is 0 Å². The molecule has 4 aromatic rings. The number of aryl methyl sites for hydroxylation is 1. The number of hydrogen-bond donors (Lipinski definition) is 1. The molecule has 1 N–H and O–H groups in total. The third-order valence-corrected chi connectivity index (χ3v) is 7.12. The van der Waals surface area contributed by atoms with E-state index < -0.39 is 10.0 Å². The topological polar surface area (TPSA) is 108 Å². The molecule has 1 fully saturated rings. The van der Waals surface area contributed by atoms with Crippen molar-refractivity contribution in [2.45, 2.75) is 30.8 Å². The van der Waals surface area contributed by atoms with E-state index in [1.807, 2.05) is 31.2 Å². The first-order chi connectivity index (χ1) is 15.5. The lowest BCUT2D eigenvalue weighted by Crippen LogP contribution is -2.31. The monoisotopic (exact) mass is 453 g/mol. The number of benzene rings is 2. The summed E-state index contributed by atoms with van der Waals surface area (Å²) in [6.07, 6.45) is 1.70. The van der Waals surface area contributed by atoms with Crippen molar-refractivity contribution in [1.82, 2.24) is 24.5 Å². The SMILES string of the molecule is COc1ccc(S(=O)(=O)NCC2CCCO2)cc1-c1nnc2c3ccccc3c(C)nn12. The number of sulfonamides is 1. The molecule has 1 saturated heterocycles. The minimum atomic E-state index is -3.75. The number of hydrogen-bond acceptors (Lipinski definition) is 7. The first kappa shape index (κ1) is 20.8. The van der Waals surface area contributed by atoms with E-state index in [0.29, 0.717) is 29.4 Å². The van der Waals surface area contributed by atoms with Crippen LogP contribution in [0.3, 0.4) is 0 Å². The number of nitrogens with zero attached hydrogens (tertiary/aromatic N) is 4. The summed E-state index contributed by atoms with van der Waals surface area (Å²) in [6.45, 7) is 2.82. The first-order valence-corrected chi connectivity index (χ1v) is 11.9. The molecule has 5 rings (SSSR count). The normalized spacial score (nSPS) is 16.8. The van der Waals surface area contributed by atoms with Crippen molar-refractivity contribution < 1.29 is 17.9 Å². The predicted molar refractivity (Wildman–Crippen MR) is 119 cm³/mol. The molecule has 0 saturated carbocycles. The van der Waals surface area contributed by atoms with Gasteiger partial charge in [-0.3, -0.25) is 0 Å². The van der Waals surface area contributed by atoms with Gasteiger partial charge in [0.2, 0.25) is 10.0 Å². The van der Waals surface area contributed by atoms with Gasteiger partial charge in [0.25, 0.3) is 0 Å². The molecular weight excluding hydrogens is 430 g/mol. The van der Waals surface area contributed by atoms with Gasteiger partial charge >= 0.3 is 0 Å². The molecule has 32 heavy (non-hydrogen) atoms. The van der Waals surface area contributed by atoms with Gasteiger partial charge in [-0.25, -0.2) is 13.1 Å². The average Bonchev–Trinajstić information content (AvgIpc) is 3.48. The van der Waals surface area contributed by atoms with Crippen LogP contribution in [-0.2, 0) is 14.8 Å². The van der Waals surface area contributed by atoms with Crippen molar-refractivity contribution in [3.05, 3.63) is 48.2 Å². The second-order valence-electron chi connectivity index (χ2n) is 7.74. The van der Waals surface area contributed by atoms with Gasteiger partial charge in [0.1, 0.15) is 5.75 Å². The van der Waals surface area contributed by atoms with Crippen molar-refractivity contribution in [3.63, 3.8) is 0 Å². The van der Waals surface area contributed by atoms with Crippen molar-refractivity contribution >= 4 is 26.4 Å². The van der Waals surface area contributed by atoms with Gasteiger partial charge < -0.3 is 9.47 Å². The largest absolute Gasteiger partial charge is 0.496 e. The first-order valence-electron chi connectivity index (χ1n) is 10.4. The van der Waals surface area contributed by atoms with Crippen molar-refractivity contribution in [1.29, 1.82) is 0 Å². The highest BCUT2D eigenvalue weighted by Gasteiger charge is 2.23. The molecule has 0 bridgehead atoms. The Morgan fingerprint density at radius 1 is 1.19 bits per heavy atom. The predicted octanol–water partition coefficient (Wildman–Crippen LogP) is 2.72. The van der Waals surface area contributed by atoms with Gasteiger partial charge in [0.15, 0.2) is 11.5 Å². The Balaban J connectivity index is 1.59. The molecule has 1 unspecified atom stereocenters. The fourth-order valence-electron chi connectivity index (χ4n) is 4.03. The highest BCUT2D eigenvalue weighted by Crippen LogP contribution is 2.32. The molecule has 0 amide bonds. The van der Waals surface area contributed by atoms with Crippen molar-refractivity contribution in [2.75, 3.05) is 20.3 Å². The van der Waals surface area contributed by atoms with Crippen LogP contribution in [0.15, 0.2) is 47.4 Å². The van der Waals surface area contributed by atoms with E-state index in [1.165, 1.54) is 13.2 Å². The number of methoxy groups -OCH3 is 1. The maximum Gasteiger partial charge on any atom is 0.240 e. The summed E-state index contributed by atoms with van der Waals surface area (Å²) in [5, 5.41) is 15.2. The Hall–Kier alpha value is -3.08. The zero-order chi connectivity index (χ0) is 22.3. The molecular formula is C22H23N5O4S. The van der Waals surface area contributed by atoms with E-state index in [-0.39, 0.29) is 17.5 Å². The smallest absolute Gasteiger partial charge is 0.240 e.